The molecular weight excluding hydrogens is 452 g/mol. The van der Waals surface area contributed by atoms with Crippen molar-refractivity contribution in [2.24, 2.45) is 11.6 Å². The van der Waals surface area contributed by atoms with Crippen LogP contribution in [0.3, 0.4) is 0 Å². The molecule has 0 fully saturated rings. The molecule has 2 atom stereocenters. The van der Waals surface area contributed by atoms with Gasteiger partial charge in [0.25, 0.3) is 0 Å². The third kappa shape index (κ3) is 6.82. The van der Waals surface area contributed by atoms with Crippen LogP contribution >= 0.6 is 0 Å². The fourth-order valence-electron chi connectivity index (χ4n) is 3.94. The van der Waals surface area contributed by atoms with Crippen LogP contribution in [-0.4, -0.2) is 44.3 Å². The van der Waals surface area contributed by atoms with Gasteiger partial charge < -0.3 is 20.6 Å². The predicted octanol–water partition coefficient (Wildman–Crippen LogP) is 3.25. The van der Waals surface area contributed by atoms with Crippen molar-refractivity contribution in [2.45, 2.75) is 50.5 Å². The third-order valence-corrected chi connectivity index (χ3v) is 7.45. The van der Waals surface area contributed by atoms with Crippen LogP contribution in [0.5, 0.6) is 5.75 Å². The lowest BCUT2D eigenvalue weighted by atomic mass is 9.88. The number of carbonyl (C=O) groups is 1. The second-order valence-electron chi connectivity index (χ2n) is 8.46. The van der Waals surface area contributed by atoms with E-state index in [1.54, 1.807) is 6.20 Å². The van der Waals surface area contributed by atoms with E-state index in [1.807, 2.05) is 60.6 Å². The van der Waals surface area contributed by atoms with Gasteiger partial charge in [-0.2, -0.15) is 0 Å². The highest BCUT2D eigenvalue weighted by Gasteiger charge is 2.24. The molecule has 34 heavy (non-hydrogen) atoms. The molecule has 0 bridgehead atoms. The average Bonchev–Trinajstić information content (AvgIpc) is 2.96. The first-order valence-electron chi connectivity index (χ1n) is 11.5. The molecule has 1 heterocycles. The zero-order valence-corrected chi connectivity index (χ0v) is 20.6. The number of ether oxygens (including phenoxy) is 1. The molecule has 5 N–H and O–H groups in total. The highest BCUT2D eigenvalue weighted by molar-refractivity contribution is 7.82. The number of carboxylic acids is 1. The molecule has 8 nitrogen and oxygen atoms in total. The molecule has 0 amide bonds. The molecule has 1 aliphatic heterocycles. The number of hydrogen-bond donors (Lipinski definition) is 3. The third-order valence-electron chi connectivity index (χ3n) is 5.96. The largest absolute Gasteiger partial charge is 0.491 e. The Balaban J connectivity index is 1.80. The molecule has 0 radical (unpaired) electrons. The fourth-order valence-corrected chi connectivity index (χ4v) is 5.21. The number of benzene rings is 2. The minimum absolute atomic E-state index is 0.00670. The van der Waals surface area contributed by atoms with Crippen LogP contribution in [-0.2, 0) is 22.3 Å². The van der Waals surface area contributed by atoms with Gasteiger partial charge in [0, 0.05) is 31.5 Å². The minimum Gasteiger partial charge on any atom is -0.491 e. The van der Waals surface area contributed by atoms with Gasteiger partial charge in [0.1, 0.15) is 23.3 Å². The number of aliphatic carboxylic acids is 1. The molecular formula is C25H34N4O4S. The summed E-state index contributed by atoms with van der Waals surface area (Å²) in [6, 6.07) is 13.4. The van der Waals surface area contributed by atoms with Crippen molar-refractivity contribution in [3.05, 3.63) is 71.1 Å². The predicted molar refractivity (Wildman–Crippen MR) is 133 cm³/mol. The minimum atomic E-state index is -1.35. The van der Waals surface area contributed by atoms with Gasteiger partial charge in [-0.05, 0) is 61.4 Å². The lowest BCUT2D eigenvalue weighted by molar-refractivity contribution is -0.137. The summed E-state index contributed by atoms with van der Waals surface area (Å²) in [5.41, 5.74) is 9.73. The van der Waals surface area contributed by atoms with Crippen molar-refractivity contribution in [2.75, 3.05) is 19.7 Å². The van der Waals surface area contributed by atoms with Gasteiger partial charge in [0.15, 0.2) is 0 Å². The Bertz CT molecular complexity index is 1060. The highest BCUT2D eigenvalue weighted by atomic mass is 32.2. The summed E-state index contributed by atoms with van der Waals surface area (Å²) in [5.74, 6) is 5.39. The normalized spacial score (nSPS) is 17.4. The van der Waals surface area contributed by atoms with Gasteiger partial charge in [-0.25, -0.2) is 14.4 Å². The Hall–Kier alpha value is -2.88. The van der Waals surface area contributed by atoms with Crippen LogP contribution in [0.25, 0.3) is 0 Å². The Kier molecular flexibility index (Phi) is 9.09. The quantitative estimate of drug-likeness (QED) is 0.348. The van der Waals surface area contributed by atoms with E-state index in [4.69, 9.17) is 16.3 Å². The first-order valence-corrected chi connectivity index (χ1v) is 12.6. The van der Waals surface area contributed by atoms with E-state index in [2.05, 4.69) is 0 Å². The van der Waals surface area contributed by atoms with Crippen LogP contribution in [0.15, 0.2) is 59.3 Å². The van der Waals surface area contributed by atoms with Crippen LogP contribution in [0, 0.1) is 6.92 Å². The molecule has 1 aliphatic rings. The monoisotopic (exact) mass is 486 g/mol. The number of para-hydroxylation sites is 1. The molecule has 0 aliphatic carbocycles. The number of aryl methyl sites for hydroxylation is 1. The maximum Gasteiger partial charge on any atom is 0.303 e. The lowest BCUT2D eigenvalue weighted by Gasteiger charge is -2.22. The van der Waals surface area contributed by atoms with E-state index >= 15 is 0 Å². The van der Waals surface area contributed by atoms with Crippen LogP contribution in [0.1, 0.15) is 48.8 Å². The van der Waals surface area contributed by atoms with Gasteiger partial charge in [0.2, 0.25) is 0 Å². The summed E-state index contributed by atoms with van der Waals surface area (Å²) in [6.45, 7) is 6.02. The van der Waals surface area contributed by atoms with E-state index in [-0.39, 0.29) is 12.3 Å². The second-order valence-corrected chi connectivity index (χ2v) is 9.92. The maximum absolute atomic E-state index is 13.3. The summed E-state index contributed by atoms with van der Waals surface area (Å²) >= 11 is 0. The first kappa shape index (κ1) is 25.7. The number of rotatable bonds is 10. The molecule has 9 heteroatoms. The van der Waals surface area contributed by atoms with E-state index < -0.39 is 17.0 Å². The summed E-state index contributed by atoms with van der Waals surface area (Å²) in [4.78, 5) is 12.2. The van der Waals surface area contributed by atoms with Crippen LogP contribution in [0.4, 0.5) is 0 Å². The topological polar surface area (TPSA) is 122 Å². The number of allylic oxidation sites excluding steroid dienone is 1. The second kappa shape index (κ2) is 12.0. The van der Waals surface area contributed by atoms with Crippen molar-refractivity contribution in [3.63, 3.8) is 0 Å². The SMILES string of the molecule is CCN(N)/C=C(\N)CCC(CC(=O)O)c1ccc(C)c(CN2CCOc3ccccc3S2=O)c1. The van der Waals surface area contributed by atoms with Gasteiger partial charge in [-0.1, -0.05) is 30.3 Å². The zero-order valence-electron chi connectivity index (χ0n) is 19.8. The Morgan fingerprint density at radius 3 is 2.82 bits per heavy atom. The van der Waals surface area contributed by atoms with E-state index in [9.17, 15) is 14.1 Å². The number of hydrogen-bond acceptors (Lipinski definition) is 6. The number of carboxylic acid groups (broad SMARTS) is 1. The number of nitrogens with two attached hydrogens (primary N) is 2. The Morgan fingerprint density at radius 2 is 2.09 bits per heavy atom. The van der Waals surface area contributed by atoms with Gasteiger partial charge in [-0.3, -0.25) is 4.79 Å². The highest BCUT2D eigenvalue weighted by Crippen LogP contribution is 2.30. The van der Waals surface area contributed by atoms with Crippen molar-refractivity contribution in [1.29, 1.82) is 0 Å². The van der Waals surface area contributed by atoms with Crippen molar-refractivity contribution in [1.82, 2.24) is 9.31 Å². The number of nitrogens with zero attached hydrogens (tertiary/aromatic N) is 2. The number of hydrazine groups is 1. The average molecular weight is 487 g/mol. The molecule has 2 unspecified atom stereocenters. The molecule has 0 spiro atoms. The van der Waals surface area contributed by atoms with Crippen molar-refractivity contribution >= 4 is 17.0 Å². The molecule has 0 saturated carbocycles. The van der Waals surface area contributed by atoms with Gasteiger partial charge in [-0.15, -0.1) is 0 Å². The summed E-state index contributed by atoms with van der Waals surface area (Å²) < 4.78 is 20.9. The molecule has 0 aromatic heterocycles. The zero-order chi connectivity index (χ0) is 24.7. The Morgan fingerprint density at radius 1 is 1.32 bits per heavy atom. The molecule has 2 aromatic rings. The van der Waals surface area contributed by atoms with Crippen molar-refractivity contribution in [3.8, 4) is 5.75 Å². The van der Waals surface area contributed by atoms with Gasteiger partial charge in [0.05, 0.1) is 11.3 Å². The van der Waals surface area contributed by atoms with E-state index in [0.717, 1.165) is 16.7 Å². The van der Waals surface area contributed by atoms with Crippen molar-refractivity contribution < 1.29 is 18.8 Å². The first-order chi connectivity index (χ1) is 16.3. The molecule has 2 aromatic carbocycles. The standard InChI is InChI=1S/C25H34N4O4S/c1-3-28(27)17-22(26)11-10-20(15-25(30)31)19-9-8-18(2)21(14-19)16-29-12-13-33-23-6-4-5-7-24(23)34(29)32/h4-9,14,17,20H,3,10-13,15-16,26-27H2,1-2H3,(H,30,31)/b22-17-. The summed E-state index contributed by atoms with van der Waals surface area (Å²) in [5, 5.41) is 11.0. The lowest BCUT2D eigenvalue weighted by Crippen LogP contribution is -2.28. The van der Waals surface area contributed by atoms with E-state index in [1.165, 1.54) is 5.01 Å². The Labute approximate surface area is 203 Å². The summed E-state index contributed by atoms with van der Waals surface area (Å²) in [6.07, 6.45) is 2.82. The maximum atomic E-state index is 13.3. The van der Waals surface area contributed by atoms with Gasteiger partial charge >= 0.3 is 5.97 Å². The molecule has 184 valence electrons. The molecule has 3 rings (SSSR count). The van der Waals surface area contributed by atoms with E-state index in [0.29, 0.717) is 55.4 Å². The summed E-state index contributed by atoms with van der Waals surface area (Å²) in [7, 11) is -1.35. The molecule has 0 saturated heterocycles. The van der Waals surface area contributed by atoms with Crippen LogP contribution in [0.2, 0.25) is 0 Å². The van der Waals surface area contributed by atoms with Crippen LogP contribution < -0.4 is 16.3 Å². The smallest absolute Gasteiger partial charge is 0.303 e. The number of fused-ring (bicyclic) bond motifs is 1. The fraction of sp³-hybridized carbons (Fsp3) is 0.400.